The Hall–Kier alpha value is -3.16. The summed E-state index contributed by atoms with van der Waals surface area (Å²) in [6, 6.07) is 11.8. The molecule has 0 saturated heterocycles. The first-order valence-corrected chi connectivity index (χ1v) is 8.45. The van der Waals surface area contributed by atoms with Crippen LogP contribution in [0.3, 0.4) is 0 Å². The highest BCUT2D eigenvalue weighted by Crippen LogP contribution is 2.25. The number of nitrogens with zero attached hydrogens (tertiary/aromatic N) is 1. The number of carbonyl (C=O) groups is 2. The van der Waals surface area contributed by atoms with Crippen LogP contribution in [-0.2, 0) is 9.53 Å². The number of anilines is 1. The van der Waals surface area contributed by atoms with E-state index in [-0.39, 0.29) is 5.91 Å². The molecule has 140 valence electrons. The normalized spacial score (nSPS) is 10.9. The van der Waals surface area contributed by atoms with Crippen LogP contribution in [0.5, 0.6) is 0 Å². The van der Waals surface area contributed by atoms with Crippen molar-refractivity contribution in [2.24, 2.45) is 10.8 Å². The molecule has 2 rings (SSSR count). The molecule has 0 bridgehead atoms. The standard InChI is InChI=1S/C19H19ClN4O3/c1-2-27-18(25)9-7-13-6-8-17(16(20)10-13)24-19(26)14-4-3-5-15(11-14)22-12-23-21/h3-12H,2,21H2,1H3,(H,22,23)(H,24,26)/b9-7+. The molecule has 0 heterocycles. The van der Waals surface area contributed by atoms with Crippen LogP contribution >= 0.6 is 11.6 Å². The van der Waals surface area contributed by atoms with Gasteiger partial charge in [-0.1, -0.05) is 23.7 Å². The van der Waals surface area contributed by atoms with Gasteiger partial charge < -0.3 is 15.5 Å². The van der Waals surface area contributed by atoms with E-state index >= 15 is 0 Å². The molecule has 0 spiro atoms. The van der Waals surface area contributed by atoms with E-state index in [1.54, 1.807) is 55.5 Å². The molecular formula is C19H19ClN4O3. The van der Waals surface area contributed by atoms with Gasteiger partial charge in [-0.3, -0.25) is 4.79 Å². The van der Waals surface area contributed by atoms with Crippen LogP contribution in [0.2, 0.25) is 5.02 Å². The van der Waals surface area contributed by atoms with E-state index in [0.717, 1.165) is 0 Å². The largest absolute Gasteiger partial charge is 0.463 e. The van der Waals surface area contributed by atoms with Crippen LogP contribution in [0.25, 0.3) is 6.08 Å². The van der Waals surface area contributed by atoms with E-state index in [9.17, 15) is 9.59 Å². The first-order valence-electron chi connectivity index (χ1n) is 8.08. The van der Waals surface area contributed by atoms with Crippen LogP contribution < -0.4 is 16.6 Å². The number of benzene rings is 2. The lowest BCUT2D eigenvalue weighted by Crippen LogP contribution is -2.18. The van der Waals surface area contributed by atoms with Crippen molar-refractivity contribution in [3.8, 4) is 0 Å². The Morgan fingerprint density at radius 1 is 1.26 bits per heavy atom. The number of ether oxygens (including phenoxy) is 1. The maximum Gasteiger partial charge on any atom is 0.330 e. The van der Waals surface area contributed by atoms with Crippen molar-refractivity contribution in [2.75, 3.05) is 11.9 Å². The van der Waals surface area contributed by atoms with Gasteiger partial charge in [0.1, 0.15) is 6.34 Å². The van der Waals surface area contributed by atoms with Crippen molar-refractivity contribution >= 4 is 47.3 Å². The number of esters is 1. The molecule has 1 amide bonds. The zero-order chi connectivity index (χ0) is 19.6. The fourth-order valence-corrected chi connectivity index (χ4v) is 2.36. The number of aliphatic imine (C=N–C) groups is 1. The molecule has 0 aliphatic rings. The van der Waals surface area contributed by atoms with Crippen LogP contribution in [-0.4, -0.2) is 24.8 Å². The van der Waals surface area contributed by atoms with Crippen molar-refractivity contribution in [2.45, 2.75) is 6.92 Å². The zero-order valence-electron chi connectivity index (χ0n) is 14.6. The summed E-state index contributed by atoms with van der Waals surface area (Å²) in [5, 5.41) is 3.09. The van der Waals surface area contributed by atoms with Gasteiger partial charge in [0.15, 0.2) is 0 Å². The molecular weight excluding hydrogens is 368 g/mol. The lowest BCUT2D eigenvalue weighted by molar-refractivity contribution is -0.137. The first kappa shape index (κ1) is 20.2. The number of nitrogens with one attached hydrogen (secondary N) is 2. The predicted molar refractivity (Wildman–Crippen MR) is 107 cm³/mol. The van der Waals surface area contributed by atoms with Gasteiger partial charge in [0, 0.05) is 11.6 Å². The summed E-state index contributed by atoms with van der Waals surface area (Å²) >= 11 is 6.23. The Bertz CT molecular complexity index is 881. The van der Waals surface area contributed by atoms with Gasteiger partial charge in [0.2, 0.25) is 0 Å². The maximum atomic E-state index is 12.4. The van der Waals surface area contributed by atoms with E-state index < -0.39 is 5.97 Å². The summed E-state index contributed by atoms with van der Waals surface area (Å²) in [5.74, 6) is 4.37. The van der Waals surface area contributed by atoms with Crippen LogP contribution in [0.1, 0.15) is 22.8 Å². The van der Waals surface area contributed by atoms with Gasteiger partial charge in [0.05, 0.1) is 23.0 Å². The SMILES string of the molecule is CCOC(=O)/C=C/c1ccc(NC(=O)c2cccc(N=CNN)c2)c(Cl)c1. The molecule has 2 aromatic carbocycles. The van der Waals surface area contributed by atoms with Crippen LogP contribution in [0.15, 0.2) is 53.5 Å². The van der Waals surface area contributed by atoms with E-state index in [0.29, 0.717) is 34.1 Å². The van der Waals surface area contributed by atoms with Crippen LogP contribution in [0.4, 0.5) is 11.4 Å². The van der Waals surface area contributed by atoms with E-state index in [1.165, 1.54) is 12.4 Å². The fourth-order valence-electron chi connectivity index (χ4n) is 2.12. The highest BCUT2D eigenvalue weighted by molar-refractivity contribution is 6.34. The van der Waals surface area contributed by atoms with Gasteiger partial charge in [-0.15, -0.1) is 0 Å². The number of hydrogen-bond acceptors (Lipinski definition) is 5. The number of amides is 1. The molecule has 8 heteroatoms. The third-order valence-electron chi connectivity index (χ3n) is 3.34. The minimum atomic E-state index is -0.432. The molecule has 0 aromatic heterocycles. The number of carbonyl (C=O) groups excluding carboxylic acids is 2. The van der Waals surface area contributed by atoms with Crippen molar-refractivity contribution in [1.29, 1.82) is 0 Å². The van der Waals surface area contributed by atoms with Gasteiger partial charge in [-0.2, -0.15) is 0 Å². The van der Waals surface area contributed by atoms with Crippen molar-refractivity contribution in [3.63, 3.8) is 0 Å². The lowest BCUT2D eigenvalue weighted by Gasteiger charge is -2.08. The molecule has 7 nitrogen and oxygen atoms in total. The number of halogens is 1. The maximum absolute atomic E-state index is 12.4. The third-order valence-corrected chi connectivity index (χ3v) is 3.65. The molecule has 27 heavy (non-hydrogen) atoms. The van der Waals surface area contributed by atoms with E-state index in [1.807, 2.05) is 0 Å². The van der Waals surface area contributed by atoms with Gasteiger partial charge in [-0.25, -0.2) is 15.6 Å². The van der Waals surface area contributed by atoms with Crippen LogP contribution in [0, 0.1) is 0 Å². The highest BCUT2D eigenvalue weighted by Gasteiger charge is 2.09. The molecule has 0 radical (unpaired) electrons. The number of hydrazine groups is 1. The quantitative estimate of drug-likeness (QED) is 0.169. The molecule has 4 N–H and O–H groups in total. The summed E-state index contributed by atoms with van der Waals surface area (Å²) in [6.45, 7) is 2.04. The highest BCUT2D eigenvalue weighted by atomic mass is 35.5. The Morgan fingerprint density at radius 2 is 2.07 bits per heavy atom. The molecule has 0 unspecified atom stereocenters. The Balaban J connectivity index is 2.10. The average Bonchev–Trinajstić information content (AvgIpc) is 2.67. The smallest absolute Gasteiger partial charge is 0.330 e. The van der Waals surface area contributed by atoms with Crippen molar-refractivity contribution in [1.82, 2.24) is 5.43 Å². The molecule has 0 aliphatic carbocycles. The average molecular weight is 387 g/mol. The van der Waals surface area contributed by atoms with Gasteiger partial charge in [-0.05, 0) is 48.9 Å². The second kappa shape index (κ2) is 10.1. The minimum Gasteiger partial charge on any atom is -0.463 e. The lowest BCUT2D eigenvalue weighted by atomic mass is 10.1. The molecule has 0 saturated carbocycles. The van der Waals surface area contributed by atoms with E-state index in [4.69, 9.17) is 22.2 Å². The topological polar surface area (TPSA) is 106 Å². The Labute approximate surface area is 161 Å². The number of hydrogen-bond donors (Lipinski definition) is 3. The molecule has 2 aromatic rings. The second-order valence-corrected chi connectivity index (χ2v) is 5.66. The zero-order valence-corrected chi connectivity index (χ0v) is 15.4. The summed E-state index contributed by atoms with van der Waals surface area (Å²) in [4.78, 5) is 27.8. The van der Waals surface area contributed by atoms with Crippen molar-refractivity contribution < 1.29 is 14.3 Å². The predicted octanol–water partition coefficient (Wildman–Crippen LogP) is 3.29. The van der Waals surface area contributed by atoms with E-state index in [2.05, 4.69) is 15.7 Å². The van der Waals surface area contributed by atoms with Gasteiger partial charge >= 0.3 is 5.97 Å². The number of nitrogens with two attached hydrogens (primary N) is 1. The first-order chi connectivity index (χ1) is 13.0. The monoisotopic (exact) mass is 386 g/mol. The second-order valence-electron chi connectivity index (χ2n) is 5.25. The molecule has 0 fully saturated rings. The molecule has 0 aliphatic heterocycles. The fraction of sp³-hybridized carbons (Fsp3) is 0.105. The Kier molecular flexibility index (Phi) is 7.54. The third kappa shape index (κ3) is 6.25. The summed E-state index contributed by atoms with van der Waals surface area (Å²) in [7, 11) is 0. The Morgan fingerprint density at radius 3 is 2.78 bits per heavy atom. The summed E-state index contributed by atoms with van der Waals surface area (Å²) in [5.41, 5.74) is 4.45. The summed E-state index contributed by atoms with van der Waals surface area (Å²) in [6.07, 6.45) is 4.22. The molecule has 0 atom stereocenters. The summed E-state index contributed by atoms with van der Waals surface area (Å²) < 4.78 is 4.82. The minimum absolute atomic E-state index is 0.310. The number of rotatable bonds is 7. The van der Waals surface area contributed by atoms with Crippen molar-refractivity contribution in [3.05, 3.63) is 64.7 Å². The van der Waals surface area contributed by atoms with Gasteiger partial charge in [0.25, 0.3) is 5.91 Å².